The third kappa shape index (κ3) is 4.23. The first-order chi connectivity index (χ1) is 14.6. The number of nitriles is 1. The first-order valence-corrected chi connectivity index (χ1v) is 10.9. The van der Waals surface area contributed by atoms with Crippen LogP contribution in [0.15, 0.2) is 30.3 Å². The second-order valence-electron chi connectivity index (χ2n) is 7.45. The molecule has 8 heteroatoms. The Morgan fingerprint density at radius 1 is 1.37 bits per heavy atom. The van der Waals surface area contributed by atoms with E-state index in [1.54, 1.807) is 12.1 Å². The van der Waals surface area contributed by atoms with Crippen molar-refractivity contribution in [2.24, 2.45) is 0 Å². The maximum atomic E-state index is 13.4. The molecule has 1 saturated heterocycles. The average molecular weight is 427 g/mol. The van der Waals surface area contributed by atoms with E-state index in [1.165, 1.54) is 23.5 Å². The van der Waals surface area contributed by atoms with Gasteiger partial charge in [-0.05, 0) is 43.5 Å². The number of aromatic nitrogens is 2. The molecule has 6 nitrogen and oxygen atoms in total. The van der Waals surface area contributed by atoms with Crippen molar-refractivity contribution >= 4 is 27.5 Å². The third-order valence-corrected chi connectivity index (χ3v) is 6.56. The van der Waals surface area contributed by atoms with Crippen LogP contribution in [-0.2, 0) is 11.3 Å². The zero-order chi connectivity index (χ0) is 21.1. The monoisotopic (exact) mass is 426 g/mol. The number of benzene rings is 1. The molecule has 3 aromatic rings. The summed E-state index contributed by atoms with van der Waals surface area (Å²) in [6.45, 7) is 4.14. The van der Waals surface area contributed by atoms with Gasteiger partial charge in [0.2, 0.25) is 0 Å². The normalized spacial score (nSPS) is 14.7. The lowest BCUT2D eigenvalue weighted by Gasteiger charge is -2.33. The maximum absolute atomic E-state index is 13.4. The smallest absolute Gasteiger partial charge is 0.264 e. The van der Waals surface area contributed by atoms with E-state index in [0.29, 0.717) is 37.6 Å². The van der Waals surface area contributed by atoms with Gasteiger partial charge >= 0.3 is 0 Å². The molecule has 1 aliphatic heterocycles. The third-order valence-electron chi connectivity index (χ3n) is 5.42. The van der Waals surface area contributed by atoms with Crippen molar-refractivity contribution in [3.63, 3.8) is 0 Å². The summed E-state index contributed by atoms with van der Waals surface area (Å²) in [5.41, 5.74) is 1.80. The first kappa shape index (κ1) is 20.5. The zero-order valence-corrected chi connectivity index (χ0v) is 17.6. The highest BCUT2D eigenvalue weighted by atomic mass is 32.1. The Morgan fingerprint density at radius 2 is 2.10 bits per heavy atom. The molecule has 0 unspecified atom stereocenters. The van der Waals surface area contributed by atoms with Gasteiger partial charge in [0.1, 0.15) is 10.6 Å². The summed E-state index contributed by atoms with van der Waals surface area (Å²) >= 11 is 1.42. The molecule has 2 aromatic heterocycles. The second kappa shape index (κ2) is 8.94. The number of carbonyl (C=O) groups is 1. The number of hydrogen-bond acceptors (Lipinski definition) is 5. The predicted octanol–water partition coefficient (Wildman–Crippen LogP) is 4.13. The van der Waals surface area contributed by atoms with Gasteiger partial charge in [0, 0.05) is 31.2 Å². The summed E-state index contributed by atoms with van der Waals surface area (Å²) in [5, 5.41) is 14.6. The summed E-state index contributed by atoms with van der Waals surface area (Å²) in [5.74, 6) is -0.304. The Hall–Kier alpha value is -2.76. The highest BCUT2D eigenvalue weighted by molar-refractivity contribution is 7.20. The van der Waals surface area contributed by atoms with E-state index in [0.717, 1.165) is 34.3 Å². The largest absolute Gasteiger partial charge is 0.381 e. The fraction of sp³-hybridized carbons (Fsp3) is 0.409. The molecule has 0 saturated carbocycles. The van der Waals surface area contributed by atoms with Crippen LogP contribution in [0.3, 0.4) is 0 Å². The fourth-order valence-electron chi connectivity index (χ4n) is 3.85. The van der Waals surface area contributed by atoms with Crippen molar-refractivity contribution in [1.29, 1.82) is 5.26 Å². The van der Waals surface area contributed by atoms with Crippen LogP contribution in [0.5, 0.6) is 0 Å². The van der Waals surface area contributed by atoms with Crippen LogP contribution in [0.2, 0.25) is 0 Å². The SMILES string of the molecule is Cc1nn(Cc2ccc(F)cc2)c2sc(C(=O)N(CCC#N)C3CCOCC3)cc12. The lowest BCUT2D eigenvalue weighted by Crippen LogP contribution is -2.43. The van der Waals surface area contributed by atoms with Gasteiger partial charge < -0.3 is 9.64 Å². The van der Waals surface area contributed by atoms with Crippen molar-refractivity contribution in [3.05, 3.63) is 52.3 Å². The first-order valence-electron chi connectivity index (χ1n) is 10.0. The summed E-state index contributed by atoms with van der Waals surface area (Å²) in [6.07, 6.45) is 1.89. The lowest BCUT2D eigenvalue weighted by atomic mass is 10.1. The highest BCUT2D eigenvalue weighted by Crippen LogP contribution is 2.31. The molecule has 0 bridgehead atoms. The van der Waals surface area contributed by atoms with E-state index in [4.69, 9.17) is 10.00 Å². The van der Waals surface area contributed by atoms with Crippen molar-refractivity contribution in [2.75, 3.05) is 19.8 Å². The highest BCUT2D eigenvalue weighted by Gasteiger charge is 2.28. The Bertz CT molecular complexity index is 1080. The number of amides is 1. The molecule has 30 heavy (non-hydrogen) atoms. The molecule has 156 valence electrons. The van der Waals surface area contributed by atoms with Crippen LogP contribution in [0.25, 0.3) is 10.2 Å². The molecule has 1 amide bonds. The number of hydrogen-bond donors (Lipinski definition) is 0. The molecule has 0 N–H and O–H groups in total. The number of aryl methyl sites for hydroxylation is 1. The van der Waals surface area contributed by atoms with Crippen molar-refractivity contribution in [1.82, 2.24) is 14.7 Å². The number of rotatable bonds is 6. The molecular formula is C22H23FN4O2S. The zero-order valence-electron chi connectivity index (χ0n) is 16.8. The van der Waals surface area contributed by atoms with Crippen molar-refractivity contribution < 1.29 is 13.9 Å². The average Bonchev–Trinajstić information content (AvgIpc) is 3.32. The van der Waals surface area contributed by atoms with E-state index in [-0.39, 0.29) is 17.8 Å². The summed E-state index contributed by atoms with van der Waals surface area (Å²) in [4.78, 5) is 16.8. The molecule has 0 aliphatic carbocycles. The summed E-state index contributed by atoms with van der Waals surface area (Å²) in [6, 6.07) is 10.5. The van der Waals surface area contributed by atoms with Gasteiger partial charge in [0.05, 0.1) is 29.6 Å². The van der Waals surface area contributed by atoms with E-state index in [9.17, 15) is 9.18 Å². The number of carbonyl (C=O) groups excluding carboxylic acids is 1. The van der Waals surface area contributed by atoms with Crippen LogP contribution in [0.1, 0.15) is 40.2 Å². The molecule has 1 aliphatic rings. The quantitative estimate of drug-likeness (QED) is 0.594. The van der Waals surface area contributed by atoms with Crippen molar-refractivity contribution in [3.8, 4) is 6.07 Å². The van der Waals surface area contributed by atoms with Gasteiger partial charge in [-0.2, -0.15) is 10.4 Å². The number of fused-ring (bicyclic) bond motifs is 1. The number of ether oxygens (including phenoxy) is 1. The van der Waals surface area contributed by atoms with E-state index in [1.807, 2.05) is 22.6 Å². The molecule has 0 atom stereocenters. The minimum atomic E-state index is -0.268. The Morgan fingerprint density at radius 3 is 2.80 bits per heavy atom. The minimum Gasteiger partial charge on any atom is -0.381 e. The Balaban J connectivity index is 1.62. The van der Waals surface area contributed by atoms with Gasteiger partial charge in [-0.25, -0.2) is 4.39 Å². The van der Waals surface area contributed by atoms with Gasteiger partial charge in [0.25, 0.3) is 5.91 Å². The molecular weight excluding hydrogens is 403 g/mol. The number of halogens is 1. The Kier molecular flexibility index (Phi) is 6.11. The molecule has 3 heterocycles. The minimum absolute atomic E-state index is 0.0360. The fourth-order valence-corrected chi connectivity index (χ4v) is 4.96. The Labute approximate surface area is 178 Å². The van der Waals surface area contributed by atoms with Crippen molar-refractivity contribution in [2.45, 2.75) is 38.8 Å². The molecule has 1 fully saturated rings. The van der Waals surface area contributed by atoms with Crippen LogP contribution in [0, 0.1) is 24.1 Å². The molecule has 0 spiro atoms. The maximum Gasteiger partial charge on any atom is 0.264 e. The molecule has 4 rings (SSSR count). The molecule has 1 aromatic carbocycles. The second-order valence-corrected chi connectivity index (χ2v) is 8.48. The number of thiophene rings is 1. The topological polar surface area (TPSA) is 71.2 Å². The lowest BCUT2D eigenvalue weighted by molar-refractivity contribution is 0.0299. The predicted molar refractivity (Wildman–Crippen MR) is 113 cm³/mol. The standard InChI is InChI=1S/C22H23FN4O2S/c1-15-19-13-20(21(28)26(10-2-9-24)18-7-11-29-12-8-18)30-22(19)27(25-15)14-16-3-5-17(23)6-4-16/h3-6,13,18H,2,7-8,10-12,14H2,1H3. The van der Waals surface area contributed by atoms with Gasteiger partial charge in [-0.1, -0.05) is 12.1 Å². The molecule has 0 radical (unpaired) electrons. The van der Waals surface area contributed by atoms with Crippen LogP contribution in [-0.4, -0.2) is 46.4 Å². The van der Waals surface area contributed by atoms with Gasteiger partial charge in [-0.3, -0.25) is 9.48 Å². The van der Waals surface area contributed by atoms with E-state index in [2.05, 4.69) is 11.2 Å². The van der Waals surface area contributed by atoms with Crippen LogP contribution in [0.4, 0.5) is 4.39 Å². The van der Waals surface area contributed by atoms with Crippen LogP contribution < -0.4 is 0 Å². The van der Waals surface area contributed by atoms with E-state index >= 15 is 0 Å². The summed E-state index contributed by atoms with van der Waals surface area (Å²) < 4.78 is 20.5. The summed E-state index contributed by atoms with van der Waals surface area (Å²) in [7, 11) is 0. The number of nitrogens with zero attached hydrogens (tertiary/aromatic N) is 4. The van der Waals surface area contributed by atoms with Gasteiger partial charge in [0.15, 0.2) is 0 Å². The van der Waals surface area contributed by atoms with Gasteiger partial charge in [-0.15, -0.1) is 11.3 Å². The van der Waals surface area contributed by atoms with E-state index < -0.39 is 0 Å². The van der Waals surface area contributed by atoms with Crippen LogP contribution >= 0.6 is 11.3 Å².